The molecule has 3 amide bonds. The lowest BCUT2D eigenvalue weighted by atomic mass is 10.0. The van der Waals surface area contributed by atoms with E-state index in [1.807, 2.05) is 5.32 Å². The summed E-state index contributed by atoms with van der Waals surface area (Å²) in [6.07, 6.45) is -4.89. The number of carbonyl (C=O) groups is 2. The number of nitrogens with zero attached hydrogens (tertiary/aromatic N) is 2. The number of amides is 3. The molecule has 12 heteroatoms. The van der Waals surface area contributed by atoms with Gasteiger partial charge in [0.15, 0.2) is 0 Å². The van der Waals surface area contributed by atoms with E-state index < -0.39 is 40.3 Å². The molecule has 0 saturated carbocycles. The van der Waals surface area contributed by atoms with Crippen molar-refractivity contribution in [3.05, 3.63) is 68.7 Å². The van der Waals surface area contributed by atoms with E-state index in [4.69, 9.17) is 11.6 Å². The molecule has 0 spiro atoms. The standard InChI is InChI=1S/C19H18ClF3N4O4/c1-26(2)17(28)15(10-11-5-3-6-12(9-11)27(30)31)24-18(29)25-16-13(19(21,22)23)7-4-8-14(16)20/h3-9,15H,10H2,1-2H3,(H2,24,25,29)/t15-/m0/s1. The molecule has 0 aliphatic carbocycles. The van der Waals surface area contributed by atoms with Gasteiger partial charge in [0.25, 0.3) is 5.69 Å². The van der Waals surface area contributed by atoms with Crippen molar-refractivity contribution in [1.82, 2.24) is 10.2 Å². The van der Waals surface area contributed by atoms with Gasteiger partial charge in [0, 0.05) is 32.6 Å². The number of halogens is 4. The number of urea groups is 1. The van der Waals surface area contributed by atoms with Crippen molar-refractivity contribution >= 4 is 34.9 Å². The van der Waals surface area contributed by atoms with E-state index in [0.717, 1.165) is 12.1 Å². The van der Waals surface area contributed by atoms with Gasteiger partial charge in [0.2, 0.25) is 5.91 Å². The molecule has 0 heterocycles. The fourth-order valence-corrected chi connectivity index (χ4v) is 2.96. The van der Waals surface area contributed by atoms with E-state index in [2.05, 4.69) is 5.32 Å². The molecule has 2 aromatic rings. The lowest BCUT2D eigenvalue weighted by Gasteiger charge is -2.23. The highest BCUT2D eigenvalue weighted by atomic mass is 35.5. The highest BCUT2D eigenvalue weighted by molar-refractivity contribution is 6.34. The summed E-state index contributed by atoms with van der Waals surface area (Å²) in [6, 6.07) is 6.19. The Balaban J connectivity index is 2.27. The third-order valence-electron chi connectivity index (χ3n) is 4.16. The Labute approximate surface area is 180 Å². The van der Waals surface area contributed by atoms with Gasteiger partial charge in [-0.3, -0.25) is 14.9 Å². The van der Waals surface area contributed by atoms with Crippen LogP contribution in [0.4, 0.5) is 29.3 Å². The monoisotopic (exact) mass is 458 g/mol. The van der Waals surface area contributed by atoms with Gasteiger partial charge in [0.1, 0.15) is 6.04 Å². The Morgan fingerprint density at radius 1 is 1.19 bits per heavy atom. The minimum atomic E-state index is -4.77. The van der Waals surface area contributed by atoms with Crippen molar-refractivity contribution in [3.8, 4) is 0 Å². The summed E-state index contributed by atoms with van der Waals surface area (Å²) < 4.78 is 39.7. The van der Waals surface area contributed by atoms with E-state index in [1.165, 1.54) is 49.3 Å². The highest BCUT2D eigenvalue weighted by Gasteiger charge is 2.35. The van der Waals surface area contributed by atoms with Crippen molar-refractivity contribution < 1.29 is 27.7 Å². The predicted molar refractivity (Wildman–Crippen MR) is 108 cm³/mol. The third kappa shape index (κ3) is 6.32. The zero-order valence-corrected chi connectivity index (χ0v) is 17.1. The predicted octanol–water partition coefficient (Wildman–Crippen LogP) is 4.09. The smallest absolute Gasteiger partial charge is 0.347 e. The number of nitrogens with one attached hydrogen (secondary N) is 2. The van der Waals surface area contributed by atoms with Crippen molar-refractivity contribution in [2.24, 2.45) is 0 Å². The van der Waals surface area contributed by atoms with E-state index in [-0.39, 0.29) is 17.1 Å². The number of alkyl halides is 3. The molecular formula is C19H18ClF3N4O4. The van der Waals surface area contributed by atoms with Gasteiger partial charge >= 0.3 is 12.2 Å². The number of carbonyl (C=O) groups excluding carboxylic acids is 2. The Hall–Kier alpha value is -3.34. The summed E-state index contributed by atoms with van der Waals surface area (Å²) >= 11 is 5.82. The number of benzene rings is 2. The molecule has 0 aliphatic rings. The van der Waals surface area contributed by atoms with Crippen molar-refractivity contribution in [2.45, 2.75) is 18.6 Å². The van der Waals surface area contributed by atoms with Crippen LogP contribution in [0.2, 0.25) is 5.02 Å². The fraction of sp³-hybridized carbons (Fsp3) is 0.263. The number of hydrogen-bond donors (Lipinski definition) is 2. The van der Waals surface area contributed by atoms with Crippen LogP contribution in [0.1, 0.15) is 11.1 Å². The molecule has 0 bridgehead atoms. The highest BCUT2D eigenvalue weighted by Crippen LogP contribution is 2.38. The van der Waals surface area contributed by atoms with Crippen LogP contribution in [0, 0.1) is 10.1 Å². The number of nitro groups is 1. The molecule has 2 N–H and O–H groups in total. The normalized spacial score (nSPS) is 12.1. The summed E-state index contributed by atoms with van der Waals surface area (Å²) in [4.78, 5) is 36.4. The number of anilines is 1. The van der Waals surface area contributed by atoms with Gasteiger partial charge in [-0.05, 0) is 17.7 Å². The summed E-state index contributed by atoms with van der Waals surface area (Å²) in [5.74, 6) is -0.558. The summed E-state index contributed by atoms with van der Waals surface area (Å²) in [7, 11) is 2.86. The molecular weight excluding hydrogens is 441 g/mol. The molecule has 166 valence electrons. The quantitative estimate of drug-likeness (QED) is 0.502. The molecule has 31 heavy (non-hydrogen) atoms. The van der Waals surface area contributed by atoms with Crippen molar-refractivity contribution in [2.75, 3.05) is 19.4 Å². The molecule has 2 rings (SSSR count). The lowest BCUT2D eigenvalue weighted by Crippen LogP contribution is -2.49. The average molecular weight is 459 g/mol. The van der Waals surface area contributed by atoms with Gasteiger partial charge in [-0.15, -0.1) is 0 Å². The molecule has 2 aromatic carbocycles. The van der Waals surface area contributed by atoms with Crippen LogP contribution >= 0.6 is 11.6 Å². The van der Waals surface area contributed by atoms with E-state index in [0.29, 0.717) is 5.56 Å². The fourth-order valence-electron chi connectivity index (χ4n) is 2.74. The zero-order chi connectivity index (χ0) is 23.3. The number of nitro benzene ring substituents is 1. The molecule has 1 atom stereocenters. The summed E-state index contributed by atoms with van der Waals surface area (Å²) in [6.45, 7) is 0. The van der Waals surface area contributed by atoms with Crippen LogP contribution in [0.25, 0.3) is 0 Å². The average Bonchev–Trinajstić information content (AvgIpc) is 2.67. The first-order valence-corrected chi connectivity index (χ1v) is 9.15. The minimum Gasteiger partial charge on any atom is -0.347 e. The van der Waals surface area contributed by atoms with Crippen molar-refractivity contribution in [3.63, 3.8) is 0 Å². The first-order valence-electron chi connectivity index (χ1n) is 8.78. The molecule has 8 nitrogen and oxygen atoms in total. The maximum absolute atomic E-state index is 13.2. The molecule has 0 aliphatic heterocycles. The van der Waals surface area contributed by atoms with Crippen LogP contribution in [0.5, 0.6) is 0 Å². The zero-order valence-electron chi connectivity index (χ0n) is 16.4. The second-order valence-corrected chi connectivity index (χ2v) is 7.08. The largest absolute Gasteiger partial charge is 0.418 e. The van der Waals surface area contributed by atoms with E-state index >= 15 is 0 Å². The topological polar surface area (TPSA) is 105 Å². The van der Waals surface area contributed by atoms with Crippen molar-refractivity contribution in [1.29, 1.82) is 0 Å². The molecule has 0 fully saturated rings. The lowest BCUT2D eigenvalue weighted by molar-refractivity contribution is -0.384. The van der Waals surface area contributed by atoms with Crippen LogP contribution in [-0.2, 0) is 17.4 Å². The summed E-state index contributed by atoms with van der Waals surface area (Å²) in [5, 5.41) is 15.0. The number of non-ortho nitro benzene ring substituents is 1. The molecule has 0 saturated heterocycles. The van der Waals surface area contributed by atoms with Gasteiger partial charge in [-0.25, -0.2) is 4.79 Å². The second kappa shape index (κ2) is 9.65. The molecule has 0 radical (unpaired) electrons. The van der Waals surface area contributed by atoms with Crippen LogP contribution in [0.15, 0.2) is 42.5 Å². The SMILES string of the molecule is CN(C)C(=O)[C@H](Cc1cccc([N+](=O)[O-])c1)NC(=O)Nc1c(Cl)cccc1C(F)(F)F. The number of para-hydroxylation sites is 1. The van der Waals surface area contributed by atoms with Crippen LogP contribution in [0.3, 0.4) is 0 Å². The second-order valence-electron chi connectivity index (χ2n) is 6.68. The molecule has 0 aromatic heterocycles. The number of hydrogen-bond acceptors (Lipinski definition) is 4. The van der Waals surface area contributed by atoms with Gasteiger partial charge in [0.05, 0.1) is 21.2 Å². The van der Waals surface area contributed by atoms with E-state index in [1.54, 1.807) is 0 Å². The maximum atomic E-state index is 13.2. The Morgan fingerprint density at radius 3 is 2.42 bits per heavy atom. The van der Waals surface area contributed by atoms with Gasteiger partial charge in [-0.2, -0.15) is 13.2 Å². The van der Waals surface area contributed by atoms with E-state index in [9.17, 15) is 32.9 Å². The first-order chi connectivity index (χ1) is 14.4. The Morgan fingerprint density at radius 2 is 1.84 bits per heavy atom. The Kier molecular flexibility index (Phi) is 7.45. The van der Waals surface area contributed by atoms with Crippen LogP contribution in [-0.4, -0.2) is 41.9 Å². The molecule has 0 unspecified atom stereocenters. The van der Waals surface area contributed by atoms with Gasteiger partial charge < -0.3 is 15.5 Å². The summed E-state index contributed by atoms with van der Waals surface area (Å²) in [5.41, 5.74) is -1.63. The minimum absolute atomic E-state index is 0.124. The maximum Gasteiger partial charge on any atom is 0.418 e. The Bertz CT molecular complexity index is 998. The van der Waals surface area contributed by atoms with Gasteiger partial charge in [-0.1, -0.05) is 29.8 Å². The first kappa shape index (κ1) is 23.9. The third-order valence-corrected chi connectivity index (χ3v) is 4.48. The number of rotatable bonds is 6. The number of likely N-dealkylation sites (N-methyl/N-ethyl adjacent to an activating group) is 1. The van der Waals surface area contributed by atoms with Crippen LogP contribution < -0.4 is 10.6 Å².